The summed E-state index contributed by atoms with van der Waals surface area (Å²) in [6.45, 7) is 0. The first-order valence-electron chi connectivity index (χ1n) is 28.2. The van der Waals surface area contributed by atoms with Crippen LogP contribution in [0.3, 0.4) is 0 Å². The zero-order chi connectivity index (χ0) is 56.3. The largest absolute Gasteiger partial charge is 0.457 e. The summed E-state index contributed by atoms with van der Waals surface area (Å²) in [5.41, 5.74) is 17.0. The molecule has 13 rings (SSSR count). The van der Waals surface area contributed by atoms with Crippen LogP contribution in [0.5, 0.6) is 23.0 Å². The van der Waals surface area contributed by atoms with E-state index in [1.54, 1.807) is 0 Å². The van der Waals surface area contributed by atoms with E-state index in [0.717, 1.165) is 91.2 Å². The molecule has 0 aliphatic heterocycles. The lowest BCUT2D eigenvalue weighted by Crippen LogP contribution is -2.12. The summed E-state index contributed by atoms with van der Waals surface area (Å²) < 4.78 is 13.3. The Morgan fingerprint density at radius 2 is 0.345 bits per heavy atom. The summed E-state index contributed by atoms with van der Waals surface area (Å²) >= 11 is 0. The fourth-order valence-electron chi connectivity index (χ4n) is 10.7. The zero-order valence-electron chi connectivity index (χ0n) is 46.1. The first kappa shape index (κ1) is 52.1. The monoisotopic (exact) mass is 1080 g/mol. The van der Waals surface area contributed by atoms with Gasteiger partial charge >= 0.3 is 0 Å². The van der Waals surface area contributed by atoms with E-state index >= 15 is 0 Å². The Morgan fingerprint density at radius 1 is 0.143 bits per heavy atom. The number of ether oxygens (including phenoxy) is 2. The van der Waals surface area contributed by atoms with Crippen molar-refractivity contribution in [2.45, 2.75) is 0 Å². The van der Waals surface area contributed by atoms with Gasteiger partial charge in [-0.1, -0.05) is 170 Å². The lowest BCUT2D eigenvalue weighted by Gasteiger charge is -2.28. The van der Waals surface area contributed by atoms with Crippen molar-refractivity contribution in [3.8, 4) is 45.3 Å². The third kappa shape index (κ3) is 11.8. The van der Waals surface area contributed by atoms with Crippen molar-refractivity contribution in [3.05, 3.63) is 352 Å². The third-order valence-electron chi connectivity index (χ3n) is 14.7. The molecule has 84 heavy (non-hydrogen) atoms. The highest BCUT2D eigenvalue weighted by atomic mass is 16.5. The lowest BCUT2D eigenvalue weighted by atomic mass is 10.0. The summed E-state index contributed by atoms with van der Waals surface area (Å²) in [6, 6.07) is 122. The number of hydrogen-bond acceptors (Lipinski definition) is 6. The van der Waals surface area contributed by atoms with Gasteiger partial charge in [-0.25, -0.2) is 0 Å². The fraction of sp³-hybridized carbons (Fsp3) is 0. The number of para-hydroxylation sites is 4. The molecular formula is C78H58N4O2. The van der Waals surface area contributed by atoms with Gasteiger partial charge in [-0.3, -0.25) is 0 Å². The van der Waals surface area contributed by atoms with Crippen molar-refractivity contribution < 1.29 is 9.47 Å². The van der Waals surface area contributed by atoms with Gasteiger partial charge in [0.25, 0.3) is 0 Å². The highest BCUT2D eigenvalue weighted by molar-refractivity contribution is 5.83. The van der Waals surface area contributed by atoms with Gasteiger partial charge in [0.15, 0.2) is 0 Å². The Bertz CT molecular complexity index is 4190. The van der Waals surface area contributed by atoms with E-state index < -0.39 is 0 Å². The van der Waals surface area contributed by atoms with Gasteiger partial charge < -0.3 is 29.1 Å². The molecule has 13 aromatic carbocycles. The number of hydrogen-bond donors (Lipinski definition) is 0. The molecule has 0 fully saturated rings. The minimum absolute atomic E-state index is 0.726. The second-order valence-electron chi connectivity index (χ2n) is 20.2. The average molecular weight is 1080 g/mol. The van der Waals surface area contributed by atoms with Crippen molar-refractivity contribution in [1.29, 1.82) is 0 Å². The minimum Gasteiger partial charge on any atom is -0.457 e. The second kappa shape index (κ2) is 24.6. The van der Waals surface area contributed by atoms with Gasteiger partial charge in [0, 0.05) is 80.4 Å². The summed E-state index contributed by atoms with van der Waals surface area (Å²) in [7, 11) is 0. The van der Waals surface area contributed by atoms with E-state index in [9.17, 15) is 0 Å². The molecule has 13 aromatic rings. The van der Waals surface area contributed by atoms with Crippen molar-refractivity contribution in [2.75, 3.05) is 19.6 Å². The van der Waals surface area contributed by atoms with E-state index in [-0.39, 0.29) is 0 Å². The van der Waals surface area contributed by atoms with Crippen molar-refractivity contribution in [2.24, 2.45) is 0 Å². The van der Waals surface area contributed by atoms with Gasteiger partial charge in [0.2, 0.25) is 0 Å². The third-order valence-corrected chi connectivity index (χ3v) is 14.7. The second-order valence-corrected chi connectivity index (χ2v) is 20.2. The average Bonchev–Trinajstić information content (AvgIpc) is 3.76. The van der Waals surface area contributed by atoms with Crippen LogP contribution in [0, 0.1) is 0 Å². The molecule has 0 saturated heterocycles. The van der Waals surface area contributed by atoms with Gasteiger partial charge in [-0.15, -0.1) is 0 Å². The molecule has 6 nitrogen and oxygen atoms in total. The standard InChI is InChI=1S/C78H58N4O2/c1-7-21-59(22-8-1)61-37-41-67(42-38-61)79(63-25-11-3-12-26-63)71-49-53-75(54-50-71)84-78-36-20-34-74(58-78)82(66-31-17-6-18-32-66)70-47-45-69(46-48-70)80(64-27-13-4-14-28-64)72-51-55-76(56-52-72)83-77-35-19-33-73(57-77)81(65-29-15-5-16-30-65)68-43-39-62(40-44-68)60-23-9-2-10-24-60/h1-58H. The van der Waals surface area contributed by atoms with Crippen LogP contribution in [0.25, 0.3) is 22.3 Å². The van der Waals surface area contributed by atoms with Gasteiger partial charge in [-0.05, 0) is 192 Å². The molecule has 0 bridgehead atoms. The Hall–Kier alpha value is -11.3. The SMILES string of the molecule is c1ccc(-c2ccc(N(c3ccccc3)c3ccc(Oc4cccc(N(c5ccccc5)c5ccc(N(c6ccccc6)c6ccc(Oc7cccc(N(c8ccccc8)c8ccc(-c9ccccc9)cc8)c7)cc6)cc5)c4)cc3)cc2)cc1. The van der Waals surface area contributed by atoms with Crippen LogP contribution in [-0.2, 0) is 0 Å². The van der Waals surface area contributed by atoms with E-state index in [0.29, 0.717) is 0 Å². The van der Waals surface area contributed by atoms with Crippen molar-refractivity contribution in [3.63, 3.8) is 0 Å². The molecule has 0 heterocycles. The first-order chi connectivity index (χ1) is 41.6. The summed E-state index contributed by atoms with van der Waals surface area (Å²) in [6.07, 6.45) is 0. The molecule has 0 aliphatic carbocycles. The van der Waals surface area contributed by atoms with Gasteiger partial charge in [-0.2, -0.15) is 0 Å². The lowest BCUT2D eigenvalue weighted by molar-refractivity contribution is 0.482. The maximum absolute atomic E-state index is 6.64. The van der Waals surface area contributed by atoms with Crippen LogP contribution < -0.4 is 29.1 Å². The van der Waals surface area contributed by atoms with E-state index in [1.165, 1.54) is 22.3 Å². The molecule has 0 amide bonds. The predicted octanol–water partition coefficient (Wildman–Crippen LogP) is 22.5. The normalized spacial score (nSPS) is 10.9. The van der Waals surface area contributed by atoms with Crippen LogP contribution in [0.2, 0.25) is 0 Å². The number of benzene rings is 13. The van der Waals surface area contributed by atoms with Crippen LogP contribution in [0.1, 0.15) is 0 Å². The number of rotatable bonds is 18. The molecule has 6 heteroatoms. The minimum atomic E-state index is 0.726. The van der Waals surface area contributed by atoms with Crippen molar-refractivity contribution in [1.82, 2.24) is 0 Å². The highest BCUT2D eigenvalue weighted by Crippen LogP contribution is 2.43. The predicted molar refractivity (Wildman–Crippen MR) is 349 cm³/mol. The van der Waals surface area contributed by atoms with E-state index in [4.69, 9.17) is 9.47 Å². The number of nitrogens with zero attached hydrogens (tertiary/aromatic N) is 4. The molecular weight excluding hydrogens is 1020 g/mol. The van der Waals surface area contributed by atoms with Crippen LogP contribution >= 0.6 is 0 Å². The molecule has 0 spiro atoms. The Labute approximate surface area is 491 Å². The van der Waals surface area contributed by atoms with Gasteiger partial charge in [0.05, 0.1) is 0 Å². The molecule has 0 aliphatic rings. The van der Waals surface area contributed by atoms with E-state index in [2.05, 4.69) is 287 Å². The smallest absolute Gasteiger partial charge is 0.129 e. The Morgan fingerprint density at radius 3 is 0.631 bits per heavy atom. The fourth-order valence-corrected chi connectivity index (χ4v) is 10.7. The Balaban J connectivity index is 0.742. The summed E-state index contributed by atoms with van der Waals surface area (Å²) in [4.78, 5) is 9.05. The van der Waals surface area contributed by atoms with Crippen molar-refractivity contribution >= 4 is 68.2 Å². The first-order valence-corrected chi connectivity index (χ1v) is 28.2. The molecule has 0 unspecified atom stereocenters. The van der Waals surface area contributed by atoms with Crippen LogP contribution in [0.15, 0.2) is 352 Å². The molecule has 0 saturated carbocycles. The maximum atomic E-state index is 6.64. The Kier molecular flexibility index (Phi) is 15.2. The van der Waals surface area contributed by atoms with Gasteiger partial charge in [0.1, 0.15) is 23.0 Å². The van der Waals surface area contributed by atoms with Crippen LogP contribution in [0.4, 0.5) is 68.2 Å². The molecule has 0 N–H and O–H groups in total. The van der Waals surface area contributed by atoms with Crippen LogP contribution in [-0.4, -0.2) is 0 Å². The molecule has 0 radical (unpaired) electrons. The topological polar surface area (TPSA) is 31.4 Å². The molecule has 0 aromatic heterocycles. The zero-order valence-corrected chi connectivity index (χ0v) is 46.1. The summed E-state index contributed by atoms with van der Waals surface area (Å²) in [5.74, 6) is 2.93. The van der Waals surface area contributed by atoms with E-state index in [1.807, 2.05) is 84.9 Å². The molecule has 402 valence electrons. The number of anilines is 12. The quantitative estimate of drug-likeness (QED) is 0.0851. The highest BCUT2D eigenvalue weighted by Gasteiger charge is 2.19. The maximum Gasteiger partial charge on any atom is 0.129 e. The molecule has 0 atom stereocenters. The summed E-state index contributed by atoms with van der Waals surface area (Å²) in [5, 5.41) is 0.